The summed E-state index contributed by atoms with van der Waals surface area (Å²) >= 11 is 0. The fraction of sp³-hybridized carbons (Fsp3) is 0.333. The van der Waals surface area contributed by atoms with Crippen molar-refractivity contribution in [2.75, 3.05) is 7.11 Å². The third kappa shape index (κ3) is 4.23. The second kappa shape index (κ2) is 7.14. The maximum absolute atomic E-state index is 6.02. The number of rotatable bonds is 6. The molecular formula is C18H23NO2. The molecule has 3 nitrogen and oxygen atoms in total. The van der Waals surface area contributed by atoms with Gasteiger partial charge in [0.15, 0.2) is 0 Å². The SMILES string of the molecule is CCC(N)Cc1ccc(Oc2ccc(OC)cc2)cc1C. The number of ether oxygens (including phenoxy) is 2. The topological polar surface area (TPSA) is 44.5 Å². The summed E-state index contributed by atoms with van der Waals surface area (Å²) in [6, 6.07) is 13.9. The summed E-state index contributed by atoms with van der Waals surface area (Å²) in [5, 5.41) is 0. The van der Waals surface area contributed by atoms with Crippen LogP contribution in [0.5, 0.6) is 17.2 Å². The largest absolute Gasteiger partial charge is 0.497 e. The first kappa shape index (κ1) is 15.4. The minimum atomic E-state index is 0.219. The van der Waals surface area contributed by atoms with E-state index in [0.717, 1.165) is 30.1 Å². The van der Waals surface area contributed by atoms with Crippen LogP contribution in [-0.4, -0.2) is 13.2 Å². The van der Waals surface area contributed by atoms with Gasteiger partial charge in [-0.25, -0.2) is 0 Å². The van der Waals surface area contributed by atoms with E-state index >= 15 is 0 Å². The number of hydrogen-bond donors (Lipinski definition) is 1. The van der Waals surface area contributed by atoms with Crippen molar-refractivity contribution in [2.45, 2.75) is 32.7 Å². The molecule has 0 fully saturated rings. The van der Waals surface area contributed by atoms with Crippen LogP contribution in [0.1, 0.15) is 24.5 Å². The summed E-state index contributed by atoms with van der Waals surface area (Å²) in [6.07, 6.45) is 1.90. The highest BCUT2D eigenvalue weighted by Gasteiger charge is 2.06. The van der Waals surface area contributed by atoms with Gasteiger partial charge >= 0.3 is 0 Å². The molecule has 0 amide bonds. The molecule has 1 atom stereocenters. The first-order valence-electron chi connectivity index (χ1n) is 7.29. The van der Waals surface area contributed by atoms with Gasteiger partial charge in [0.05, 0.1) is 7.11 Å². The Morgan fingerprint density at radius 3 is 2.19 bits per heavy atom. The lowest BCUT2D eigenvalue weighted by Gasteiger charge is -2.13. The average Bonchev–Trinajstić information content (AvgIpc) is 2.50. The van der Waals surface area contributed by atoms with E-state index in [2.05, 4.69) is 26.0 Å². The van der Waals surface area contributed by atoms with Crippen molar-refractivity contribution in [1.29, 1.82) is 0 Å². The monoisotopic (exact) mass is 285 g/mol. The van der Waals surface area contributed by atoms with Crippen LogP contribution >= 0.6 is 0 Å². The van der Waals surface area contributed by atoms with Crippen LogP contribution in [-0.2, 0) is 6.42 Å². The van der Waals surface area contributed by atoms with E-state index in [1.807, 2.05) is 30.3 Å². The molecular weight excluding hydrogens is 262 g/mol. The number of aryl methyl sites for hydroxylation is 1. The molecule has 21 heavy (non-hydrogen) atoms. The van der Waals surface area contributed by atoms with Gasteiger partial charge in [0, 0.05) is 6.04 Å². The van der Waals surface area contributed by atoms with Crippen molar-refractivity contribution in [1.82, 2.24) is 0 Å². The summed E-state index contributed by atoms with van der Waals surface area (Å²) in [5.41, 5.74) is 8.52. The summed E-state index contributed by atoms with van der Waals surface area (Å²) in [5.74, 6) is 2.46. The van der Waals surface area contributed by atoms with E-state index in [1.54, 1.807) is 7.11 Å². The highest BCUT2D eigenvalue weighted by molar-refractivity contribution is 5.39. The molecule has 2 N–H and O–H groups in total. The molecule has 0 aliphatic heterocycles. The van der Waals surface area contributed by atoms with Crippen LogP contribution in [0.3, 0.4) is 0 Å². The molecule has 0 spiro atoms. The smallest absolute Gasteiger partial charge is 0.127 e. The molecule has 0 aromatic heterocycles. The van der Waals surface area contributed by atoms with Gasteiger partial charge in [0.25, 0.3) is 0 Å². The second-order valence-electron chi connectivity index (χ2n) is 5.24. The van der Waals surface area contributed by atoms with E-state index < -0.39 is 0 Å². The molecule has 112 valence electrons. The van der Waals surface area contributed by atoms with Gasteiger partial charge in [-0.15, -0.1) is 0 Å². The molecule has 0 radical (unpaired) electrons. The van der Waals surface area contributed by atoms with Crippen LogP contribution in [0.25, 0.3) is 0 Å². The van der Waals surface area contributed by atoms with Gasteiger partial charge in [0.1, 0.15) is 17.2 Å². The highest BCUT2D eigenvalue weighted by Crippen LogP contribution is 2.26. The molecule has 0 aliphatic rings. The first-order valence-corrected chi connectivity index (χ1v) is 7.29. The summed E-state index contributed by atoms with van der Waals surface area (Å²) in [4.78, 5) is 0. The molecule has 1 unspecified atom stereocenters. The molecule has 2 aromatic rings. The Hall–Kier alpha value is -2.00. The third-order valence-electron chi connectivity index (χ3n) is 3.62. The van der Waals surface area contributed by atoms with E-state index in [4.69, 9.17) is 15.2 Å². The standard InChI is InChI=1S/C18H23NO2/c1-4-15(19)12-14-5-6-18(11-13(14)2)21-17-9-7-16(20-3)8-10-17/h5-11,15H,4,12,19H2,1-3H3. The highest BCUT2D eigenvalue weighted by atomic mass is 16.5. The lowest BCUT2D eigenvalue weighted by molar-refractivity contribution is 0.413. The van der Waals surface area contributed by atoms with Crippen LogP contribution < -0.4 is 15.2 Å². The van der Waals surface area contributed by atoms with Gasteiger partial charge in [-0.3, -0.25) is 0 Å². The number of hydrogen-bond acceptors (Lipinski definition) is 3. The quantitative estimate of drug-likeness (QED) is 0.870. The van der Waals surface area contributed by atoms with Crippen molar-refractivity contribution in [3.8, 4) is 17.2 Å². The zero-order valence-corrected chi connectivity index (χ0v) is 12.9. The summed E-state index contributed by atoms with van der Waals surface area (Å²) in [7, 11) is 1.65. The summed E-state index contributed by atoms with van der Waals surface area (Å²) < 4.78 is 11.0. The van der Waals surface area contributed by atoms with E-state index in [1.165, 1.54) is 11.1 Å². The minimum absolute atomic E-state index is 0.219. The Kier molecular flexibility index (Phi) is 5.23. The molecule has 0 heterocycles. The van der Waals surface area contributed by atoms with Crippen molar-refractivity contribution < 1.29 is 9.47 Å². The molecule has 2 rings (SSSR count). The van der Waals surface area contributed by atoms with Crippen molar-refractivity contribution in [3.05, 3.63) is 53.6 Å². The van der Waals surface area contributed by atoms with Gasteiger partial charge in [-0.2, -0.15) is 0 Å². The van der Waals surface area contributed by atoms with Crippen LogP contribution in [0.2, 0.25) is 0 Å². The number of methoxy groups -OCH3 is 1. The van der Waals surface area contributed by atoms with Crippen LogP contribution in [0, 0.1) is 6.92 Å². The van der Waals surface area contributed by atoms with Crippen LogP contribution in [0.4, 0.5) is 0 Å². The summed E-state index contributed by atoms with van der Waals surface area (Å²) in [6.45, 7) is 4.21. The molecule has 0 bridgehead atoms. The average molecular weight is 285 g/mol. The lowest BCUT2D eigenvalue weighted by atomic mass is 10.00. The maximum Gasteiger partial charge on any atom is 0.127 e. The van der Waals surface area contributed by atoms with E-state index in [0.29, 0.717) is 0 Å². The van der Waals surface area contributed by atoms with Crippen LogP contribution in [0.15, 0.2) is 42.5 Å². The Labute approximate surface area is 126 Å². The Balaban J connectivity index is 2.08. The second-order valence-corrected chi connectivity index (χ2v) is 5.24. The fourth-order valence-corrected chi connectivity index (χ4v) is 2.17. The Bertz CT molecular complexity index is 578. The molecule has 0 aliphatic carbocycles. The van der Waals surface area contributed by atoms with Gasteiger partial charge < -0.3 is 15.2 Å². The number of nitrogens with two attached hydrogens (primary N) is 1. The van der Waals surface area contributed by atoms with Crippen molar-refractivity contribution in [2.24, 2.45) is 5.73 Å². The first-order chi connectivity index (χ1) is 10.1. The number of benzene rings is 2. The van der Waals surface area contributed by atoms with Gasteiger partial charge in [-0.05, 0) is 67.3 Å². The molecule has 3 heteroatoms. The lowest BCUT2D eigenvalue weighted by Crippen LogP contribution is -2.21. The molecule has 2 aromatic carbocycles. The van der Waals surface area contributed by atoms with Crippen molar-refractivity contribution >= 4 is 0 Å². The zero-order chi connectivity index (χ0) is 15.2. The van der Waals surface area contributed by atoms with Crippen molar-refractivity contribution in [3.63, 3.8) is 0 Å². The minimum Gasteiger partial charge on any atom is -0.497 e. The Morgan fingerprint density at radius 2 is 1.62 bits per heavy atom. The fourth-order valence-electron chi connectivity index (χ4n) is 2.17. The molecule has 0 saturated carbocycles. The van der Waals surface area contributed by atoms with E-state index in [-0.39, 0.29) is 6.04 Å². The van der Waals surface area contributed by atoms with Gasteiger partial charge in [-0.1, -0.05) is 13.0 Å². The molecule has 0 saturated heterocycles. The van der Waals surface area contributed by atoms with Gasteiger partial charge in [0.2, 0.25) is 0 Å². The Morgan fingerprint density at radius 1 is 1.00 bits per heavy atom. The third-order valence-corrected chi connectivity index (χ3v) is 3.62. The normalized spacial score (nSPS) is 12.0. The maximum atomic E-state index is 6.02. The predicted octanol–water partition coefficient (Wildman–Crippen LogP) is 4.08. The van der Waals surface area contributed by atoms with E-state index in [9.17, 15) is 0 Å². The zero-order valence-electron chi connectivity index (χ0n) is 12.9. The predicted molar refractivity (Wildman–Crippen MR) is 86.2 cm³/mol.